The van der Waals surface area contributed by atoms with Crippen LogP contribution < -0.4 is 5.32 Å². The predicted molar refractivity (Wildman–Crippen MR) is 80.6 cm³/mol. The van der Waals surface area contributed by atoms with Crippen molar-refractivity contribution >= 4 is 5.91 Å². The molecule has 4 heteroatoms. The van der Waals surface area contributed by atoms with Crippen molar-refractivity contribution in [2.45, 2.75) is 52.1 Å². The second-order valence-electron chi connectivity index (χ2n) is 6.70. The van der Waals surface area contributed by atoms with Gasteiger partial charge in [-0.2, -0.15) is 0 Å². The van der Waals surface area contributed by atoms with Crippen molar-refractivity contribution in [3.63, 3.8) is 0 Å². The molecule has 0 bridgehead atoms. The number of ether oxygens (including phenoxy) is 1. The minimum Gasteiger partial charge on any atom is -0.378 e. The molecular formula is C16H30N2O2. The van der Waals surface area contributed by atoms with Crippen molar-refractivity contribution in [2.75, 3.05) is 32.8 Å². The third-order valence-corrected chi connectivity index (χ3v) is 4.39. The standard InChI is InChI=1S/C16H30N2O2/c1-13(2)12-20-15-6-9-18(10-7-15)16(19)4-3-14-5-8-17-11-14/h13-15,17H,3-12H2,1-2H3. The number of nitrogens with one attached hydrogen (secondary N) is 1. The first-order chi connectivity index (χ1) is 9.65. The van der Waals surface area contributed by atoms with Crippen LogP contribution in [0.2, 0.25) is 0 Å². The predicted octanol–water partition coefficient (Wildman–Crippen LogP) is 2.04. The van der Waals surface area contributed by atoms with Crippen molar-refractivity contribution < 1.29 is 9.53 Å². The summed E-state index contributed by atoms with van der Waals surface area (Å²) in [6, 6.07) is 0. The Hall–Kier alpha value is -0.610. The summed E-state index contributed by atoms with van der Waals surface area (Å²) in [6.45, 7) is 9.17. The highest BCUT2D eigenvalue weighted by molar-refractivity contribution is 5.76. The minimum atomic E-state index is 0.346. The molecule has 0 saturated carbocycles. The molecule has 4 nitrogen and oxygen atoms in total. The van der Waals surface area contributed by atoms with E-state index in [1.807, 2.05) is 4.90 Å². The van der Waals surface area contributed by atoms with Gasteiger partial charge in [-0.05, 0) is 50.6 Å². The van der Waals surface area contributed by atoms with Gasteiger partial charge in [0.25, 0.3) is 0 Å². The summed E-state index contributed by atoms with van der Waals surface area (Å²) in [5.74, 6) is 1.65. The van der Waals surface area contributed by atoms with Gasteiger partial charge in [0.05, 0.1) is 6.10 Å². The summed E-state index contributed by atoms with van der Waals surface area (Å²) in [7, 11) is 0. The minimum absolute atomic E-state index is 0.346. The molecule has 0 spiro atoms. The average Bonchev–Trinajstić information content (AvgIpc) is 2.96. The molecule has 2 fully saturated rings. The largest absolute Gasteiger partial charge is 0.378 e. The Morgan fingerprint density at radius 3 is 2.65 bits per heavy atom. The summed E-state index contributed by atoms with van der Waals surface area (Å²) < 4.78 is 5.87. The maximum atomic E-state index is 12.2. The lowest BCUT2D eigenvalue weighted by atomic mass is 10.0. The third kappa shape index (κ3) is 5.06. The van der Waals surface area contributed by atoms with E-state index in [1.165, 1.54) is 6.42 Å². The topological polar surface area (TPSA) is 41.6 Å². The Morgan fingerprint density at radius 2 is 2.05 bits per heavy atom. The molecule has 116 valence electrons. The third-order valence-electron chi connectivity index (χ3n) is 4.39. The molecule has 1 amide bonds. The SMILES string of the molecule is CC(C)COC1CCN(C(=O)CCC2CCNC2)CC1. The van der Waals surface area contributed by atoms with Gasteiger partial charge in [0.1, 0.15) is 0 Å². The summed E-state index contributed by atoms with van der Waals surface area (Å²) in [4.78, 5) is 14.2. The quantitative estimate of drug-likeness (QED) is 0.810. The molecule has 20 heavy (non-hydrogen) atoms. The molecule has 2 rings (SSSR count). The van der Waals surface area contributed by atoms with Crippen LogP contribution in [0.25, 0.3) is 0 Å². The van der Waals surface area contributed by atoms with Crippen LogP contribution in [0.1, 0.15) is 46.0 Å². The molecule has 0 radical (unpaired) electrons. The summed E-state index contributed by atoms with van der Waals surface area (Å²) in [6.07, 6.45) is 5.38. The number of carbonyl (C=O) groups excluding carboxylic acids is 1. The Balaban J connectivity index is 1.61. The fourth-order valence-corrected chi connectivity index (χ4v) is 3.05. The number of nitrogens with zero attached hydrogens (tertiary/aromatic N) is 1. The van der Waals surface area contributed by atoms with Crippen LogP contribution in [-0.2, 0) is 9.53 Å². The zero-order valence-electron chi connectivity index (χ0n) is 13.1. The molecular weight excluding hydrogens is 252 g/mol. The highest BCUT2D eigenvalue weighted by atomic mass is 16.5. The molecule has 1 unspecified atom stereocenters. The molecule has 1 N–H and O–H groups in total. The van der Waals surface area contributed by atoms with Crippen molar-refractivity contribution in [3.8, 4) is 0 Å². The highest BCUT2D eigenvalue weighted by Gasteiger charge is 2.24. The van der Waals surface area contributed by atoms with Gasteiger partial charge in [0.15, 0.2) is 0 Å². The lowest BCUT2D eigenvalue weighted by molar-refractivity contribution is -0.134. The number of likely N-dealkylation sites (tertiary alicyclic amines) is 1. The average molecular weight is 282 g/mol. The van der Waals surface area contributed by atoms with Crippen molar-refractivity contribution in [2.24, 2.45) is 11.8 Å². The van der Waals surface area contributed by atoms with Crippen LogP contribution in [0.3, 0.4) is 0 Å². The van der Waals surface area contributed by atoms with E-state index in [0.717, 1.165) is 58.5 Å². The fourth-order valence-electron chi connectivity index (χ4n) is 3.05. The van der Waals surface area contributed by atoms with Gasteiger partial charge in [-0.1, -0.05) is 13.8 Å². The van der Waals surface area contributed by atoms with Gasteiger partial charge >= 0.3 is 0 Å². The van der Waals surface area contributed by atoms with Crippen LogP contribution in [0, 0.1) is 11.8 Å². The zero-order chi connectivity index (χ0) is 14.4. The van der Waals surface area contributed by atoms with Crippen LogP contribution in [0.5, 0.6) is 0 Å². The summed E-state index contributed by atoms with van der Waals surface area (Å²) in [5, 5.41) is 3.36. The molecule has 2 aliphatic heterocycles. The lowest BCUT2D eigenvalue weighted by Crippen LogP contribution is -2.41. The van der Waals surface area contributed by atoms with E-state index in [9.17, 15) is 4.79 Å². The number of hydrogen-bond donors (Lipinski definition) is 1. The second-order valence-corrected chi connectivity index (χ2v) is 6.70. The maximum Gasteiger partial charge on any atom is 0.222 e. The first kappa shape index (κ1) is 15.8. The number of rotatable bonds is 6. The summed E-state index contributed by atoms with van der Waals surface area (Å²) in [5.41, 5.74) is 0. The smallest absolute Gasteiger partial charge is 0.222 e. The highest BCUT2D eigenvalue weighted by Crippen LogP contribution is 2.18. The van der Waals surface area contributed by atoms with Crippen LogP contribution in [0.4, 0.5) is 0 Å². The van der Waals surface area contributed by atoms with Gasteiger partial charge in [0, 0.05) is 26.1 Å². The molecule has 0 aliphatic carbocycles. The van der Waals surface area contributed by atoms with Crippen LogP contribution >= 0.6 is 0 Å². The van der Waals surface area contributed by atoms with E-state index in [0.29, 0.717) is 23.8 Å². The Kier molecular flexibility index (Phi) is 6.30. The molecule has 1 atom stereocenters. The first-order valence-corrected chi connectivity index (χ1v) is 8.25. The van der Waals surface area contributed by atoms with E-state index >= 15 is 0 Å². The second kappa shape index (κ2) is 7.99. The maximum absolute atomic E-state index is 12.2. The van der Waals surface area contributed by atoms with Gasteiger partial charge in [-0.25, -0.2) is 0 Å². The van der Waals surface area contributed by atoms with Gasteiger partial charge in [-0.3, -0.25) is 4.79 Å². The number of carbonyl (C=O) groups is 1. The molecule has 2 saturated heterocycles. The number of amides is 1. The van der Waals surface area contributed by atoms with Gasteiger partial charge in [0.2, 0.25) is 5.91 Å². The summed E-state index contributed by atoms with van der Waals surface area (Å²) >= 11 is 0. The van der Waals surface area contributed by atoms with Gasteiger partial charge in [-0.15, -0.1) is 0 Å². The first-order valence-electron chi connectivity index (χ1n) is 8.25. The van der Waals surface area contributed by atoms with Crippen LogP contribution in [-0.4, -0.2) is 49.7 Å². The molecule has 2 heterocycles. The van der Waals surface area contributed by atoms with E-state index in [-0.39, 0.29) is 0 Å². The zero-order valence-corrected chi connectivity index (χ0v) is 13.1. The van der Waals surface area contributed by atoms with E-state index in [2.05, 4.69) is 19.2 Å². The fraction of sp³-hybridized carbons (Fsp3) is 0.938. The Labute approximate surface area is 123 Å². The van der Waals surface area contributed by atoms with E-state index in [4.69, 9.17) is 4.74 Å². The molecule has 2 aliphatic rings. The van der Waals surface area contributed by atoms with Crippen LogP contribution in [0.15, 0.2) is 0 Å². The Morgan fingerprint density at radius 1 is 1.30 bits per heavy atom. The van der Waals surface area contributed by atoms with Crippen molar-refractivity contribution in [1.29, 1.82) is 0 Å². The molecule has 0 aromatic heterocycles. The number of hydrogen-bond acceptors (Lipinski definition) is 3. The number of piperidine rings is 1. The lowest BCUT2D eigenvalue weighted by Gasteiger charge is -2.32. The Bertz CT molecular complexity index is 293. The molecule has 0 aromatic rings. The molecule has 0 aromatic carbocycles. The van der Waals surface area contributed by atoms with E-state index < -0.39 is 0 Å². The van der Waals surface area contributed by atoms with Crippen molar-refractivity contribution in [1.82, 2.24) is 10.2 Å². The van der Waals surface area contributed by atoms with E-state index in [1.54, 1.807) is 0 Å². The van der Waals surface area contributed by atoms with Crippen molar-refractivity contribution in [3.05, 3.63) is 0 Å². The monoisotopic (exact) mass is 282 g/mol. The normalized spacial score (nSPS) is 24.6. The van der Waals surface area contributed by atoms with Gasteiger partial charge < -0.3 is 15.0 Å².